The highest BCUT2D eigenvalue weighted by atomic mass is 16.6. The Balaban J connectivity index is 1.92. The van der Waals surface area contributed by atoms with Crippen molar-refractivity contribution in [1.82, 2.24) is 4.98 Å². The van der Waals surface area contributed by atoms with Crippen LogP contribution in [0.2, 0.25) is 0 Å². The van der Waals surface area contributed by atoms with E-state index in [9.17, 15) is 10.1 Å². The molecule has 0 saturated heterocycles. The van der Waals surface area contributed by atoms with Gasteiger partial charge in [-0.05, 0) is 29.7 Å². The number of aromatic nitrogens is 1. The van der Waals surface area contributed by atoms with Crippen LogP contribution in [0.25, 0.3) is 0 Å². The molecule has 0 bridgehead atoms. The molecule has 0 fully saturated rings. The van der Waals surface area contributed by atoms with E-state index in [1.807, 2.05) is 32.0 Å². The number of nitro groups is 1. The minimum absolute atomic E-state index is 0.0410. The van der Waals surface area contributed by atoms with Crippen molar-refractivity contribution in [2.45, 2.75) is 19.9 Å². The van der Waals surface area contributed by atoms with Gasteiger partial charge in [0, 0.05) is 12.3 Å². The van der Waals surface area contributed by atoms with E-state index >= 15 is 0 Å². The first-order valence-electron chi connectivity index (χ1n) is 7.81. The van der Waals surface area contributed by atoms with Gasteiger partial charge in [-0.25, -0.2) is 4.98 Å². The smallest absolute Gasteiger partial charge is 0.311 e. The topological polar surface area (TPSA) is 86.5 Å². The second kappa shape index (κ2) is 6.74. The van der Waals surface area contributed by atoms with Gasteiger partial charge < -0.3 is 14.8 Å². The minimum Gasteiger partial charge on any atom is -0.486 e. The number of ether oxygens (including phenoxy) is 2. The lowest BCUT2D eigenvalue weighted by Gasteiger charge is -2.25. The Bertz CT molecular complexity index is 748. The maximum atomic E-state index is 11.2. The van der Waals surface area contributed by atoms with Gasteiger partial charge in [0.25, 0.3) is 0 Å². The number of fused-ring (bicyclic) bond motifs is 1. The van der Waals surface area contributed by atoms with Crippen molar-refractivity contribution < 1.29 is 14.4 Å². The number of nitrogens with one attached hydrogen (secondary N) is 1. The third-order valence-electron chi connectivity index (χ3n) is 3.87. The Morgan fingerprint density at radius 3 is 2.67 bits per heavy atom. The molecule has 2 heterocycles. The van der Waals surface area contributed by atoms with Crippen molar-refractivity contribution >= 4 is 11.5 Å². The fourth-order valence-corrected chi connectivity index (χ4v) is 2.69. The molecule has 0 spiro atoms. The summed E-state index contributed by atoms with van der Waals surface area (Å²) in [5.41, 5.74) is 0.926. The predicted molar refractivity (Wildman–Crippen MR) is 89.5 cm³/mol. The molecule has 1 N–H and O–H groups in total. The van der Waals surface area contributed by atoms with Gasteiger partial charge in [0.1, 0.15) is 13.2 Å². The van der Waals surface area contributed by atoms with E-state index in [1.165, 1.54) is 12.3 Å². The van der Waals surface area contributed by atoms with Gasteiger partial charge in [-0.2, -0.15) is 0 Å². The molecular formula is C17H19N3O4. The number of hydrogen-bond acceptors (Lipinski definition) is 6. The van der Waals surface area contributed by atoms with Gasteiger partial charge in [0.15, 0.2) is 11.5 Å². The average Bonchev–Trinajstić information content (AvgIpc) is 2.59. The van der Waals surface area contributed by atoms with Crippen molar-refractivity contribution in [2.24, 2.45) is 5.92 Å². The zero-order valence-corrected chi connectivity index (χ0v) is 13.6. The van der Waals surface area contributed by atoms with E-state index in [0.29, 0.717) is 19.0 Å². The molecule has 1 aliphatic rings. The first-order chi connectivity index (χ1) is 11.6. The van der Waals surface area contributed by atoms with Crippen molar-refractivity contribution in [3.8, 4) is 11.5 Å². The van der Waals surface area contributed by atoms with Crippen LogP contribution in [0, 0.1) is 16.0 Å². The van der Waals surface area contributed by atoms with Crippen LogP contribution in [-0.2, 0) is 0 Å². The Kier molecular flexibility index (Phi) is 4.50. The van der Waals surface area contributed by atoms with Crippen LogP contribution < -0.4 is 14.8 Å². The average molecular weight is 329 g/mol. The molecule has 1 atom stereocenters. The van der Waals surface area contributed by atoms with Crippen molar-refractivity contribution in [2.75, 3.05) is 18.5 Å². The molecule has 7 nitrogen and oxygen atoms in total. The van der Waals surface area contributed by atoms with E-state index < -0.39 is 4.92 Å². The summed E-state index contributed by atoms with van der Waals surface area (Å²) in [4.78, 5) is 14.9. The molecular weight excluding hydrogens is 310 g/mol. The summed E-state index contributed by atoms with van der Waals surface area (Å²) in [6, 6.07) is 8.58. The van der Waals surface area contributed by atoms with Crippen LogP contribution in [0.15, 0.2) is 36.5 Å². The Morgan fingerprint density at radius 2 is 1.96 bits per heavy atom. The highest BCUT2D eigenvalue weighted by molar-refractivity contribution is 5.57. The first kappa shape index (κ1) is 16.0. The lowest BCUT2D eigenvalue weighted by molar-refractivity contribution is -0.384. The fraction of sp³-hybridized carbons (Fsp3) is 0.353. The lowest BCUT2D eigenvalue weighted by atomic mass is 9.95. The van der Waals surface area contributed by atoms with E-state index in [4.69, 9.17) is 9.47 Å². The molecule has 0 aliphatic carbocycles. The number of benzene rings is 1. The van der Waals surface area contributed by atoms with Crippen molar-refractivity contribution in [3.05, 3.63) is 52.2 Å². The lowest BCUT2D eigenvalue weighted by Crippen LogP contribution is -2.20. The summed E-state index contributed by atoms with van der Waals surface area (Å²) < 4.78 is 11.2. The van der Waals surface area contributed by atoms with E-state index in [0.717, 1.165) is 11.3 Å². The van der Waals surface area contributed by atoms with Crippen LogP contribution in [0.4, 0.5) is 11.5 Å². The van der Waals surface area contributed by atoms with Crippen molar-refractivity contribution in [3.63, 3.8) is 0 Å². The molecule has 1 aliphatic heterocycles. The maximum absolute atomic E-state index is 11.2. The van der Waals surface area contributed by atoms with Gasteiger partial charge in [-0.1, -0.05) is 19.9 Å². The molecule has 0 radical (unpaired) electrons. The number of hydrogen-bond donors (Lipinski definition) is 1. The van der Waals surface area contributed by atoms with Crippen LogP contribution in [0.1, 0.15) is 25.5 Å². The highest BCUT2D eigenvalue weighted by Crippen LogP contribution is 2.36. The predicted octanol–water partition coefficient (Wildman–Crippen LogP) is 3.57. The molecule has 0 amide bonds. The fourth-order valence-electron chi connectivity index (χ4n) is 2.69. The van der Waals surface area contributed by atoms with Crippen LogP contribution >= 0.6 is 0 Å². The number of pyridine rings is 1. The Hall–Kier alpha value is -2.83. The molecule has 0 unspecified atom stereocenters. The summed E-state index contributed by atoms with van der Waals surface area (Å²) >= 11 is 0. The highest BCUT2D eigenvalue weighted by Gasteiger charge is 2.23. The van der Waals surface area contributed by atoms with Crippen LogP contribution in [0.3, 0.4) is 0 Å². The van der Waals surface area contributed by atoms with Gasteiger partial charge in [-0.3, -0.25) is 10.1 Å². The van der Waals surface area contributed by atoms with E-state index in [-0.39, 0.29) is 23.5 Å². The second-order valence-electron chi connectivity index (χ2n) is 5.90. The zero-order chi connectivity index (χ0) is 17.1. The van der Waals surface area contributed by atoms with Gasteiger partial charge in [-0.15, -0.1) is 0 Å². The summed E-state index contributed by atoms with van der Waals surface area (Å²) in [6.45, 7) is 5.15. The second-order valence-corrected chi connectivity index (χ2v) is 5.90. The van der Waals surface area contributed by atoms with E-state index in [1.54, 1.807) is 6.07 Å². The molecule has 1 aromatic carbocycles. The van der Waals surface area contributed by atoms with Gasteiger partial charge >= 0.3 is 5.69 Å². The summed E-state index contributed by atoms with van der Waals surface area (Å²) in [7, 11) is 0. The Morgan fingerprint density at radius 1 is 1.21 bits per heavy atom. The largest absolute Gasteiger partial charge is 0.486 e. The molecule has 0 saturated carbocycles. The third-order valence-corrected chi connectivity index (χ3v) is 3.87. The number of anilines is 1. The summed E-state index contributed by atoms with van der Waals surface area (Å²) in [6.07, 6.45) is 1.54. The zero-order valence-electron chi connectivity index (χ0n) is 13.6. The third kappa shape index (κ3) is 3.24. The monoisotopic (exact) mass is 329 g/mol. The number of nitrogens with zero attached hydrogens (tertiary/aromatic N) is 2. The molecule has 7 heteroatoms. The molecule has 2 aromatic rings. The standard InChI is InChI=1S/C17H19N3O4/c1-11(2)16(19-17-13(20(21)22)4-3-7-18-17)12-5-6-14-15(10-12)24-9-8-23-14/h3-7,10-11,16H,8-9H2,1-2H3,(H,18,19)/t16-/m0/s1. The normalized spacial score (nSPS) is 14.3. The molecule has 24 heavy (non-hydrogen) atoms. The van der Waals surface area contributed by atoms with Gasteiger partial charge in [0.05, 0.1) is 11.0 Å². The van der Waals surface area contributed by atoms with Crippen LogP contribution in [-0.4, -0.2) is 23.1 Å². The maximum Gasteiger partial charge on any atom is 0.311 e. The van der Waals surface area contributed by atoms with E-state index in [2.05, 4.69) is 10.3 Å². The minimum atomic E-state index is -0.434. The molecule has 1 aromatic heterocycles. The molecule has 126 valence electrons. The van der Waals surface area contributed by atoms with Crippen LogP contribution in [0.5, 0.6) is 11.5 Å². The van der Waals surface area contributed by atoms with Crippen molar-refractivity contribution in [1.29, 1.82) is 0 Å². The summed E-state index contributed by atoms with van der Waals surface area (Å²) in [5, 5.41) is 14.4. The molecule has 3 rings (SSSR count). The first-order valence-corrected chi connectivity index (χ1v) is 7.81. The quantitative estimate of drug-likeness (QED) is 0.666. The summed E-state index contributed by atoms with van der Waals surface area (Å²) in [5.74, 6) is 1.86. The van der Waals surface area contributed by atoms with Gasteiger partial charge in [0.2, 0.25) is 5.82 Å². The number of rotatable bonds is 5. The SMILES string of the molecule is CC(C)[C@H](Nc1ncccc1[N+](=O)[O-])c1ccc2c(c1)OCCO2. The Labute approximate surface area is 139 Å².